The Labute approximate surface area is 131 Å². The maximum atomic E-state index is 4.38. The van der Waals surface area contributed by atoms with E-state index in [1.807, 2.05) is 34.9 Å². The minimum Gasteiger partial charge on any atom is -0.298 e. The average molecular weight is 301 g/mol. The van der Waals surface area contributed by atoms with Crippen molar-refractivity contribution in [1.29, 1.82) is 0 Å². The van der Waals surface area contributed by atoms with Crippen LogP contribution in [-0.4, -0.2) is 39.3 Å². The lowest BCUT2D eigenvalue weighted by Gasteiger charge is -2.29. The molecule has 3 nitrogen and oxygen atoms in total. The van der Waals surface area contributed by atoms with Gasteiger partial charge in [0.25, 0.3) is 0 Å². The van der Waals surface area contributed by atoms with Gasteiger partial charge in [0.1, 0.15) is 0 Å². The highest BCUT2D eigenvalue weighted by Gasteiger charge is 2.29. The van der Waals surface area contributed by atoms with Crippen LogP contribution in [0.3, 0.4) is 0 Å². The van der Waals surface area contributed by atoms with E-state index in [1.165, 1.54) is 30.5 Å². The van der Waals surface area contributed by atoms with Crippen LogP contribution >= 0.6 is 11.8 Å². The van der Waals surface area contributed by atoms with Gasteiger partial charge in [-0.25, -0.2) is 4.68 Å². The molecule has 0 radical (unpaired) electrons. The molecule has 0 saturated heterocycles. The van der Waals surface area contributed by atoms with Crippen LogP contribution in [0.1, 0.15) is 24.8 Å². The van der Waals surface area contributed by atoms with E-state index in [4.69, 9.17) is 0 Å². The van der Waals surface area contributed by atoms with E-state index in [0.717, 1.165) is 11.8 Å². The molecule has 4 heteroatoms. The summed E-state index contributed by atoms with van der Waals surface area (Å²) in [5, 5.41) is 5.16. The van der Waals surface area contributed by atoms with Crippen molar-refractivity contribution in [3.05, 3.63) is 48.3 Å². The normalized spacial score (nSPS) is 22.0. The van der Waals surface area contributed by atoms with Crippen LogP contribution in [0.5, 0.6) is 0 Å². The molecule has 0 bridgehead atoms. The minimum atomic E-state index is 0.700. The summed E-state index contributed by atoms with van der Waals surface area (Å²) in [6.07, 6.45) is 10.1. The zero-order valence-corrected chi connectivity index (χ0v) is 13.6. The van der Waals surface area contributed by atoms with Crippen LogP contribution in [0.2, 0.25) is 0 Å². The molecule has 2 aromatic rings. The molecule has 1 aromatic heterocycles. The number of hydrogen-bond donors (Lipinski definition) is 0. The van der Waals surface area contributed by atoms with Crippen LogP contribution in [-0.2, 0) is 6.54 Å². The van der Waals surface area contributed by atoms with Gasteiger partial charge in [-0.3, -0.25) is 4.90 Å². The molecule has 1 aliphatic carbocycles. The Morgan fingerprint density at radius 3 is 2.90 bits per heavy atom. The number of para-hydroxylation sites is 1. The van der Waals surface area contributed by atoms with Crippen molar-refractivity contribution >= 4 is 11.8 Å². The molecule has 1 aromatic carbocycles. The molecular formula is C17H23N3S. The van der Waals surface area contributed by atoms with Crippen molar-refractivity contribution in [2.75, 3.05) is 13.3 Å². The van der Waals surface area contributed by atoms with E-state index in [-0.39, 0.29) is 0 Å². The van der Waals surface area contributed by atoms with Crippen LogP contribution in [0.15, 0.2) is 42.7 Å². The van der Waals surface area contributed by atoms with Crippen LogP contribution in [0.25, 0.3) is 5.69 Å². The molecule has 0 unspecified atom stereocenters. The number of benzene rings is 1. The van der Waals surface area contributed by atoms with E-state index in [0.29, 0.717) is 6.04 Å². The van der Waals surface area contributed by atoms with Gasteiger partial charge in [-0.2, -0.15) is 16.9 Å². The molecule has 1 aliphatic rings. The van der Waals surface area contributed by atoms with Crippen molar-refractivity contribution in [1.82, 2.24) is 14.7 Å². The van der Waals surface area contributed by atoms with Gasteiger partial charge in [-0.15, -0.1) is 0 Å². The lowest BCUT2D eigenvalue weighted by Crippen LogP contribution is -2.35. The maximum Gasteiger partial charge on any atom is 0.0690 e. The molecule has 3 rings (SSSR count). The number of rotatable bonds is 5. The Morgan fingerprint density at radius 1 is 1.29 bits per heavy atom. The van der Waals surface area contributed by atoms with Gasteiger partial charge in [-0.1, -0.05) is 24.6 Å². The summed E-state index contributed by atoms with van der Waals surface area (Å²) in [5.41, 5.74) is 2.53. The topological polar surface area (TPSA) is 21.1 Å². The first-order valence-electron chi connectivity index (χ1n) is 7.60. The summed E-state index contributed by atoms with van der Waals surface area (Å²) < 4.78 is 1.96. The molecule has 2 atom stereocenters. The molecule has 112 valence electrons. The quantitative estimate of drug-likeness (QED) is 0.842. The monoisotopic (exact) mass is 301 g/mol. The summed E-state index contributed by atoms with van der Waals surface area (Å²) in [7, 11) is 2.26. The van der Waals surface area contributed by atoms with Gasteiger partial charge in [0.15, 0.2) is 0 Å². The summed E-state index contributed by atoms with van der Waals surface area (Å²) in [6.45, 7) is 0.984. The maximum absolute atomic E-state index is 4.38. The van der Waals surface area contributed by atoms with Gasteiger partial charge in [0, 0.05) is 30.2 Å². The zero-order valence-electron chi connectivity index (χ0n) is 12.8. The lowest BCUT2D eigenvalue weighted by molar-refractivity contribution is 0.241. The fourth-order valence-corrected chi connectivity index (χ4v) is 4.41. The van der Waals surface area contributed by atoms with E-state index in [9.17, 15) is 0 Å². The summed E-state index contributed by atoms with van der Waals surface area (Å²) in [5.74, 6) is 0. The van der Waals surface area contributed by atoms with Crippen LogP contribution in [0.4, 0.5) is 0 Å². The smallest absolute Gasteiger partial charge is 0.0690 e. The number of thioether (sulfide) groups is 1. The second kappa shape index (κ2) is 6.67. The predicted octanol–water partition coefficient (Wildman–Crippen LogP) is 3.59. The fraction of sp³-hybridized carbons (Fsp3) is 0.471. The zero-order chi connectivity index (χ0) is 14.7. The first kappa shape index (κ1) is 14.7. The number of nitrogens with zero attached hydrogens (tertiary/aromatic N) is 3. The molecule has 1 heterocycles. The highest BCUT2D eigenvalue weighted by atomic mass is 32.2. The molecule has 21 heavy (non-hydrogen) atoms. The first-order chi connectivity index (χ1) is 10.3. The van der Waals surface area contributed by atoms with Crippen molar-refractivity contribution in [2.24, 2.45) is 0 Å². The van der Waals surface area contributed by atoms with Crippen molar-refractivity contribution < 1.29 is 0 Å². The van der Waals surface area contributed by atoms with Crippen LogP contribution in [0, 0.1) is 0 Å². The van der Waals surface area contributed by atoms with E-state index in [2.05, 4.69) is 47.6 Å². The van der Waals surface area contributed by atoms with E-state index < -0.39 is 0 Å². The average Bonchev–Trinajstić information content (AvgIpc) is 3.19. The highest BCUT2D eigenvalue weighted by Crippen LogP contribution is 2.32. The largest absolute Gasteiger partial charge is 0.298 e. The van der Waals surface area contributed by atoms with Gasteiger partial charge in [-0.05, 0) is 43.8 Å². The van der Waals surface area contributed by atoms with Crippen LogP contribution < -0.4 is 0 Å². The summed E-state index contributed by atoms with van der Waals surface area (Å²) >= 11 is 2.02. The first-order valence-corrected chi connectivity index (χ1v) is 8.89. The third kappa shape index (κ3) is 3.16. The molecule has 0 aliphatic heterocycles. The van der Waals surface area contributed by atoms with Gasteiger partial charge < -0.3 is 0 Å². The van der Waals surface area contributed by atoms with Gasteiger partial charge >= 0.3 is 0 Å². The molecule has 0 N–H and O–H groups in total. The summed E-state index contributed by atoms with van der Waals surface area (Å²) in [6, 6.07) is 11.2. The Bertz CT molecular complexity index is 567. The SMILES string of the molecule is CS[C@H]1CCC[C@H]1N(C)Cc1ccccc1-n1cccn1. The Kier molecular flexibility index (Phi) is 4.66. The Balaban J connectivity index is 1.79. The van der Waals surface area contributed by atoms with Gasteiger partial charge in [0.2, 0.25) is 0 Å². The van der Waals surface area contributed by atoms with E-state index in [1.54, 1.807) is 0 Å². The van der Waals surface area contributed by atoms with Gasteiger partial charge in [0.05, 0.1) is 5.69 Å². The van der Waals surface area contributed by atoms with E-state index >= 15 is 0 Å². The fourth-order valence-electron chi connectivity index (χ4n) is 3.35. The third-order valence-electron chi connectivity index (χ3n) is 4.45. The molecule has 1 saturated carbocycles. The lowest BCUT2D eigenvalue weighted by atomic mass is 10.1. The van der Waals surface area contributed by atoms with Crippen molar-refractivity contribution in [3.63, 3.8) is 0 Å². The molecule has 0 amide bonds. The second-order valence-electron chi connectivity index (χ2n) is 5.77. The predicted molar refractivity (Wildman–Crippen MR) is 90.0 cm³/mol. The minimum absolute atomic E-state index is 0.700. The summed E-state index contributed by atoms with van der Waals surface area (Å²) in [4.78, 5) is 2.52. The molecular weight excluding hydrogens is 278 g/mol. The third-order valence-corrected chi connectivity index (χ3v) is 5.60. The highest BCUT2D eigenvalue weighted by molar-refractivity contribution is 7.99. The molecule has 0 spiro atoms. The molecule has 1 fully saturated rings. The number of aromatic nitrogens is 2. The van der Waals surface area contributed by atoms with Crippen molar-refractivity contribution in [2.45, 2.75) is 37.1 Å². The van der Waals surface area contributed by atoms with Crippen molar-refractivity contribution in [3.8, 4) is 5.69 Å². The number of hydrogen-bond acceptors (Lipinski definition) is 3. The Morgan fingerprint density at radius 2 is 2.14 bits per heavy atom. The second-order valence-corrected chi connectivity index (χ2v) is 6.84. The Hall–Kier alpha value is -1.26. The standard InChI is InChI=1S/C17H23N3S/c1-19(16-9-5-10-17(16)21-2)13-14-7-3-4-8-15(14)20-12-6-11-18-20/h3-4,6-8,11-12,16-17H,5,9-10,13H2,1-2H3/t16-,17+/m1/s1.